The first kappa shape index (κ1) is 18.2. The van der Waals surface area contributed by atoms with Gasteiger partial charge in [0.15, 0.2) is 11.5 Å². The summed E-state index contributed by atoms with van der Waals surface area (Å²) in [4.78, 5) is 16.6. The molecule has 5 heteroatoms. The van der Waals surface area contributed by atoms with Gasteiger partial charge < -0.3 is 14.8 Å². The first-order valence-electron chi connectivity index (χ1n) is 9.15. The lowest BCUT2D eigenvalue weighted by Gasteiger charge is -2.19. The quantitative estimate of drug-likeness (QED) is 0.844. The zero-order valence-electron chi connectivity index (χ0n) is 15.6. The van der Waals surface area contributed by atoms with Crippen LogP contribution in [0.4, 0.5) is 0 Å². The van der Waals surface area contributed by atoms with Gasteiger partial charge in [0.2, 0.25) is 0 Å². The number of benzene rings is 1. The van der Waals surface area contributed by atoms with Gasteiger partial charge in [-0.2, -0.15) is 0 Å². The highest BCUT2D eigenvalue weighted by Crippen LogP contribution is 2.33. The lowest BCUT2D eigenvalue weighted by Crippen LogP contribution is -2.26. The van der Waals surface area contributed by atoms with Gasteiger partial charge in [-0.1, -0.05) is 6.07 Å². The minimum Gasteiger partial charge on any atom is -0.493 e. The summed E-state index contributed by atoms with van der Waals surface area (Å²) in [6.07, 6.45) is 6.52. The third kappa shape index (κ3) is 4.34. The summed E-state index contributed by atoms with van der Waals surface area (Å²) in [6.45, 7) is 3.84. The number of pyridine rings is 1. The van der Waals surface area contributed by atoms with Crippen LogP contribution < -0.4 is 14.8 Å². The van der Waals surface area contributed by atoms with Crippen LogP contribution in [0.1, 0.15) is 60.3 Å². The summed E-state index contributed by atoms with van der Waals surface area (Å²) in [7, 11) is 1.64. The molecule has 26 heavy (non-hydrogen) atoms. The number of aryl methyl sites for hydroxylation is 1. The summed E-state index contributed by atoms with van der Waals surface area (Å²) in [5.41, 5.74) is 2.40. The van der Waals surface area contributed by atoms with Crippen molar-refractivity contribution in [3.63, 3.8) is 0 Å². The topological polar surface area (TPSA) is 60.5 Å². The molecule has 0 spiro atoms. The molecule has 1 saturated carbocycles. The Bertz CT molecular complexity index is 752. The van der Waals surface area contributed by atoms with Crippen molar-refractivity contribution in [3.05, 3.63) is 53.3 Å². The Morgan fingerprint density at radius 3 is 2.62 bits per heavy atom. The predicted octanol–water partition coefficient (Wildman–Crippen LogP) is 4.21. The SMILES string of the molecule is COc1cc([C@@H](C)NC(=O)c2ccc(C)nc2)ccc1OC1CCCC1. The molecule has 1 atom stereocenters. The minimum absolute atomic E-state index is 0.143. The fourth-order valence-electron chi connectivity index (χ4n) is 3.20. The van der Waals surface area contributed by atoms with Crippen LogP contribution in [-0.4, -0.2) is 24.1 Å². The maximum absolute atomic E-state index is 12.4. The number of hydrogen-bond acceptors (Lipinski definition) is 4. The van der Waals surface area contributed by atoms with E-state index in [1.165, 1.54) is 12.8 Å². The Balaban J connectivity index is 1.69. The zero-order valence-corrected chi connectivity index (χ0v) is 15.6. The summed E-state index contributed by atoms with van der Waals surface area (Å²) in [6, 6.07) is 9.30. The fraction of sp³-hybridized carbons (Fsp3) is 0.429. The Labute approximate surface area is 154 Å². The zero-order chi connectivity index (χ0) is 18.5. The number of hydrogen-bond donors (Lipinski definition) is 1. The highest BCUT2D eigenvalue weighted by molar-refractivity contribution is 5.94. The number of nitrogens with one attached hydrogen (secondary N) is 1. The molecule has 1 heterocycles. The van der Waals surface area contributed by atoms with Gasteiger partial charge in [0, 0.05) is 11.9 Å². The molecule has 0 unspecified atom stereocenters. The van der Waals surface area contributed by atoms with Crippen LogP contribution in [0.5, 0.6) is 11.5 Å². The summed E-state index contributed by atoms with van der Waals surface area (Å²) in [5, 5.41) is 3.00. The number of nitrogens with zero attached hydrogens (tertiary/aromatic N) is 1. The molecule has 2 aromatic rings. The van der Waals surface area contributed by atoms with E-state index >= 15 is 0 Å². The lowest BCUT2D eigenvalue weighted by molar-refractivity contribution is 0.0939. The number of rotatable bonds is 6. The molecule has 0 saturated heterocycles. The summed E-state index contributed by atoms with van der Waals surface area (Å²) < 4.78 is 11.6. The van der Waals surface area contributed by atoms with Crippen LogP contribution in [0.15, 0.2) is 36.5 Å². The van der Waals surface area contributed by atoms with Gasteiger partial charge in [0.1, 0.15) is 0 Å². The molecular weight excluding hydrogens is 328 g/mol. The van der Waals surface area contributed by atoms with Crippen molar-refractivity contribution >= 4 is 5.91 Å². The van der Waals surface area contributed by atoms with E-state index in [1.807, 2.05) is 38.1 Å². The number of methoxy groups -OCH3 is 1. The van der Waals surface area contributed by atoms with Gasteiger partial charge in [-0.05, 0) is 69.4 Å². The second-order valence-corrected chi connectivity index (χ2v) is 6.82. The molecule has 1 fully saturated rings. The molecule has 1 aromatic carbocycles. The monoisotopic (exact) mass is 354 g/mol. The van der Waals surface area contributed by atoms with Crippen LogP contribution in [0.3, 0.4) is 0 Å². The number of aromatic nitrogens is 1. The standard InChI is InChI=1S/C21H26N2O3/c1-14-8-9-17(13-22-14)21(24)23-15(2)16-10-11-19(20(12-16)25-3)26-18-6-4-5-7-18/h8-13,15,18H,4-7H2,1-3H3,(H,23,24)/t15-/m1/s1. The highest BCUT2D eigenvalue weighted by Gasteiger charge is 2.19. The predicted molar refractivity (Wildman–Crippen MR) is 101 cm³/mol. The van der Waals surface area contributed by atoms with Gasteiger partial charge in [0.25, 0.3) is 5.91 Å². The van der Waals surface area contributed by atoms with Crippen LogP contribution in [0.2, 0.25) is 0 Å². The molecule has 138 valence electrons. The van der Waals surface area contributed by atoms with Crippen molar-refractivity contribution in [1.82, 2.24) is 10.3 Å². The van der Waals surface area contributed by atoms with E-state index in [-0.39, 0.29) is 18.1 Å². The van der Waals surface area contributed by atoms with Crippen molar-refractivity contribution in [2.24, 2.45) is 0 Å². The molecule has 1 N–H and O–H groups in total. The third-order valence-corrected chi connectivity index (χ3v) is 4.80. The van der Waals surface area contributed by atoms with Crippen LogP contribution in [-0.2, 0) is 0 Å². The van der Waals surface area contributed by atoms with Crippen molar-refractivity contribution < 1.29 is 14.3 Å². The van der Waals surface area contributed by atoms with Gasteiger partial charge in [-0.15, -0.1) is 0 Å². The average Bonchev–Trinajstić information content (AvgIpc) is 3.15. The molecule has 0 bridgehead atoms. The molecule has 1 aliphatic rings. The Morgan fingerprint density at radius 2 is 1.96 bits per heavy atom. The van der Waals surface area contributed by atoms with Crippen molar-refractivity contribution in [2.75, 3.05) is 7.11 Å². The van der Waals surface area contributed by atoms with E-state index in [2.05, 4.69) is 10.3 Å². The summed E-state index contributed by atoms with van der Waals surface area (Å²) >= 11 is 0. The fourth-order valence-corrected chi connectivity index (χ4v) is 3.20. The number of ether oxygens (including phenoxy) is 2. The molecule has 5 nitrogen and oxygen atoms in total. The van der Waals surface area contributed by atoms with Gasteiger partial charge >= 0.3 is 0 Å². The van der Waals surface area contributed by atoms with E-state index in [1.54, 1.807) is 19.4 Å². The maximum Gasteiger partial charge on any atom is 0.253 e. The molecular formula is C21H26N2O3. The number of carbonyl (C=O) groups excluding carboxylic acids is 1. The Kier molecular flexibility index (Phi) is 5.76. The number of amides is 1. The largest absolute Gasteiger partial charge is 0.493 e. The van der Waals surface area contributed by atoms with Crippen LogP contribution in [0, 0.1) is 6.92 Å². The normalized spacial score (nSPS) is 15.5. The number of carbonyl (C=O) groups is 1. The van der Waals surface area contributed by atoms with Crippen molar-refractivity contribution in [2.45, 2.75) is 51.7 Å². The van der Waals surface area contributed by atoms with Gasteiger partial charge in [-0.3, -0.25) is 9.78 Å². The first-order valence-corrected chi connectivity index (χ1v) is 9.15. The molecule has 1 aromatic heterocycles. The molecule has 1 aliphatic carbocycles. The second kappa shape index (κ2) is 8.21. The average molecular weight is 354 g/mol. The van der Waals surface area contributed by atoms with Crippen molar-refractivity contribution in [3.8, 4) is 11.5 Å². The Morgan fingerprint density at radius 1 is 1.19 bits per heavy atom. The van der Waals surface area contributed by atoms with E-state index in [0.29, 0.717) is 11.3 Å². The summed E-state index contributed by atoms with van der Waals surface area (Å²) in [5.74, 6) is 1.33. The molecule has 0 aliphatic heterocycles. The molecule has 1 amide bonds. The minimum atomic E-state index is -0.154. The Hall–Kier alpha value is -2.56. The van der Waals surface area contributed by atoms with E-state index in [0.717, 1.165) is 29.8 Å². The van der Waals surface area contributed by atoms with Crippen LogP contribution >= 0.6 is 0 Å². The van der Waals surface area contributed by atoms with E-state index in [9.17, 15) is 4.79 Å². The van der Waals surface area contributed by atoms with Gasteiger partial charge in [-0.25, -0.2) is 0 Å². The second-order valence-electron chi connectivity index (χ2n) is 6.82. The maximum atomic E-state index is 12.4. The smallest absolute Gasteiger partial charge is 0.253 e. The van der Waals surface area contributed by atoms with E-state index in [4.69, 9.17) is 9.47 Å². The van der Waals surface area contributed by atoms with E-state index < -0.39 is 0 Å². The van der Waals surface area contributed by atoms with Crippen molar-refractivity contribution in [1.29, 1.82) is 0 Å². The molecule has 3 rings (SSSR count). The third-order valence-electron chi connectivity index (χ3n) is 4.80. The highest BCUT2D eigenvalue weighted by atomic mass is 16.5. The first-order chi connectivity index (χ1) is 12.6. The van der Waals surface area contributed by atoms with Crippen LogP contribution in [0.25, 0.3) is 0 Å². The van der Waals surface area contributed by atoms with Gasteiger partial charge in [0.05, 0.1) is 24.8 Å². The molecule has 0 radical (unpaired) electrons. The lowest BCUT2D eigenvalue weighted by atomic mass is 10.1.